The van der Waals surface area contributed by atoms with E-state index in [4.69, 9.17) is 18.9 Å². The first-order valence-electron chi connectivity index (χ1n) is 13.2. The van der Waals surface area contributed by atoms with E-state index >= 15 is 0 Å². The molecule has 0 saturated carbocycles. The lowest BCUT2D eigenvalue weighted by atomic mass is 9.80. The van der Waals surface area contributed by atoms with Gasteiger partial charge >= 0.3 is 5.97 Å². The van der Waals surface area contributed by atoms with E-state index in [1.165, 1.54) is 18.4 Å². The van der Waals surface area contributed by atoms with Crippen LogP contribution < -0.4 is 14.8 Å². The van der Waals surface area contributed by atoms with Crippen molar-refractivity contribution in [1.29, 1.82) is 0 Å². The van der Waals surface area contributed by atoms with Gasteiger partial charge in [-0.3, -0.25) is 9.59 Å². The van der Waals surface area contributed by atoms with Crippen molar-refractivity contribution in [2.24, 2.45) is 5.41 Å². The Morgan fingerprint density at radius 1 is 1.00 bits per heavy atom. The number of carbonyl (C=O) groups excluding carboxylic acids is 2. The molecule has 1 N–H and O–H groups in total. The van der Waals surface area contributed by atoms with E-state index in [1.54, 1.807) is 13.2 Å². The van der Waals surface area contributed by atoms with Crippen LogP contribution in [0.15, 0.2) is 24.3 Å². The molecule has 1 heterocycles. The van der Waals surface area contributed by atoms with Crippen LogP contribution in [0.1, 0.15) is 22.6 Å². The minimum Gasteiger partial charge on any atom is -0.493 e. The van der Waals surface area contributed by atoms with Crippen molar-refractivity contribution in [2.75, 3.05) is 61.7 Å². The fourth-order valence-corrected chi connectivity index (χ4v) is 5.71. The summed E-state index contributed by atoms with van der Waals surface area (Å²) in [6, 6.07) is 5.81. The van der Waals surface area contributed by atoms with E-state index < -0.39 is 28.9 Å². The van der Waals surface area contributed by atoms with Crippen LogP contribution in [-0.4, -0.2) is 83.1 Å². The second kappa shape index (κ2) is 12.7. The molecule has 222 valence electrons. The number of hydrogen-bond donors (Lipinski definition) is 1. The molecule has 0 aliphatic heterocycles. The first-order valence-corrected chi connectivity index (χ1v) is 14.0. The molecule has 1 amide bonds. The number of aromatic nitrogens is 1. The third-order valence-corrected chi connectivity index (χ3v) is 8.02. The molecule has 41 heavy (non-hydrogen) atoms. The average Bonchev–Trinajstić information content (AvgIpc) is 3.48. The molecule has 1 aliphatic rings. The molecule has 9 nitrogen and oxygen atoms in total. The summed E-state index contributed by atoms with van der Waals surface area (Å²) in [5, 5.41) is 3.51. The van der Waals surface area contributed by atoms with Gasteiger partial charge in [0.2, 0.25) is 5.91 Å². The van der Waals surface area contributed by atoms with Crippen LogP contribution in [0.25, 0.3) is 10.2 Å². The molecule has 2 aromatic carbocycles. The van der Waals surface area contributed by atoms with Gasteiger partial charge < -0.3 is 28.7 Å². The summed E-state index contributed by atoms with van der Waals surface area (Å²) in [4.78, 5) is 30.3. The number of carbonyl (C=O) groups is 2. The van der Waals surface area contributed by atoms with Crippen LogP contribution in [-0.2, 0) is 38.4 Å². The van der Waals surface area contributed by atoms with Crippen molar-refractivity contribution in [3.63, 3.8) is 0 Å². The minimum absolute atomic E-state index is 0.0945. The number of thiazole rings is 1. The molecule has 1 aliphatic carbocycles. The van der Waals surface area contributed by atoms with E-state index in [9.17, 15) is 18.4 Å². The lowest BCUT2D eigenvalue weighted by molar-refractivity contribution is -0.870. The molecule has 0 atom stereocenters. The van der Waals surface area contributed by atoms with Gasteiger partial charge in [0, 0.05) is 12.1 Å². The summed E-state index contributed by atoms with van der Waals surface area (Å²) in [7, 11) is 9.11. The van der Waals surface area contributed by atoms with Crippen LogP contribution in [0, 0.1) is 17.0 Å². The Kier molecular flexibility index (Phi) is 9.45. The molecular formula is C29H36F2N3O6S+. The standard InChI is InChI=1S/C29H35F2N3O6S/c1-34(2,3)6-7-39-8-9-40-24-12-22-25(13-23(24)37-4)41-26(33-22)17-32-28(36)29(16-27(35)38-5)14-18-10-20(30)21(31)11-19(18)15-29/h10-13H,6-9,14-17H2,1-5H3/p+1. The second-order valence-corrected chi connectivity index (χ2v) is 12.3. The van der Waals surface area contributed by atoms with E-state index in [0.29, 0.717) is 53.0 Å². The predicted molar refractivity (Wildman–Crippen MR) is 150 cm³/mol. The smallest absolute Gasteiger partial charge is 0.306 e. The Morgan fingerprint density at radius 3 is 2.29 bits per heavy atom. The van der Waals surface area contributed by atoms with Gasteiger partial charge in [-0.15, -0.1) is 11.3 Å². The first kappa shape index (κ1) is 30.6. The summed E-state index contributed by atoms with van der Waals surface area (Å²) in [5.41, 5.74) is 0.469. The van der Waals surface area contributed by atoms with Crippen molar-refractivity contribution in [3.05, 3.63) is 52.0 Å². The molecule has 3 aromatic rings. The Morgan fingerprint density at radius 2 is 1.68 bits per heavy atom. The number of nitrogens with zero attached hydrogens (tertiary/aromatic N) is 2. The van der Waals surface area contributed by atoms with E-state index in [-0.39, 0.29) is 25.8 Å². The fraction of sp³-hybridized carbons (Fsp3) is 0.483. The highest BCUT2D eigenvalue weighted by molar-refractivity contribution is 7.18. The maximum Gasteiger partial charge on any atom is 0.306 e. The van der Waals surface area contributed by atoms with E-state index in [1.807, 2.05) is 6.07 Å². The molecule has 0 radical (unpaired) electrons. The molecule has 12 heteroatoms. The number of likely N-dealkylation sites (N-methyl/N-ethyl adjacent to an activating group) is 1. The number of rotatable bonds is 13. The number of methoxy groups -OCH3 is 2. The van der Waals surface area contributed by atoms with Gasteiger partial charge in [-0.25, -0.2) is 13.8 Å². The molecular weight excluding hydrogens is 556 g/mol. The molecule has 0 unspecified atom stereocenters. The molecule has 1 aromatic heterocycles. The summed E-state index contributed by atoms with van der Waals surface area (Å²) < 4.78 is 51.3. The Bertz CT molecular complexity index is 1390. The SMILES string of the molecule is COC(=O)CC1(C(=O)NCc2nc3cc(OCCOCC[N+](C)(C)C)c(OC)cc3s2)Cc2cc(F)c(F)cc2C1. The van der Waals surface area contributed by atoms with Gasteiger partial charge in [0.1, 0.15) is 18.2 Å². The van der Waals surface area contributed by atoms with Gasteiger partial charge in [-0.1, -0.05) is 0 Å². The Hall–Kier alpha value is -3.35. The topological polar surface area (TPSA) is 96.0 Å². The number of halogens is 2. The maximum absolute atomic E-state index is 13.9. The molecule has 0 bridgehead atoms. The largest absolute Gasteiger partial charge is 0.493 e. The van der Waals surface area contributed by atoms with Crippen LogP contribution in [0.2, 0.25) is 0 Å². The molecule has 0 saturated heterocycles. The van der Waals surface area contributed by atoms with Gasteiger partial charge in [0.15, 0.2) is 23.1 Å². The zero-order valence-corrected chi connectivity index (χ0v) is 24.8. The Balaban J connectivity index is 1.42. The monoisotopic (exact) mass is 592 g/mol. The van der Waals surface area contributed by atoms with Crippen LogP contribution in [0.3, 0.4) is 0 Å². The van der Waals surface area contributed by atoms with Crippen molar-refractivity contribution < 1.29 is 41.8 Å². The minimum atomic E-state index is -1.22. The average molecular weight is 593 g/mol. The van der Waals surface area contributed by atoms with Gasteiger partial charge in [0.05, 0.1) is 77.2 Å². The zero-order chi connectivity index (χ0) is 29.8. The van der Waals surface area contributed by atoms with E-state index in [2.05, 4.69) is 31.4 Å². The third-order valence-electron chi connectivity index (χ3n) is 7.00. The van der Waals surface area contributed by atoms with Crippen molar-refractivity contribution in [3.8, 4) is 11.5 Å². The number of fused-ring (bicyclic) bond motifs is 2. The van der Waals surface area contributed by atoms with Crippen molar-refractivity contribution in [2.45, 2.75) is 25.8 Å². The summed E-state index contributed by atoms with van der Waals surface area (Å²) in [5.74, 6) is -1.87. The summed E-state index contributed by atoms with van der Waals surface area (Å²) >= 11 is 1.39. The van der Waals surface area contributed by atoms with Crippen LogP contribution >= 0.6 is 11.3 Å². The van der Waals surface area contributed by atoms with Gasteiger partial charge in [0.25, 0.3) is 0 Å². The highest BCUT2D eigenvalue weighted by Crippen LogP contribution is 2.41. The maximum atomic E-state index is 13.9. The highest BCUT2D eigenvalue weighted by atomic mass is 32.1. The third kappa shape index (κ3) is 7.49. The zero-order valence-electron chi connectivity index (χ0n) is 24.0. The fourth-order valence-electron chi connectivity index (χ4n) is 4.79. The normalized spacial score (nSPS) is 14.1. The first-order chi connectivity index (χ1) is 19.4. The summed E-state index contributed by atoms with van der Waals surface area (Å²) in [6.07, 6.45) is -0.0292. The number of hydrogen-bond acceptors (Lipinski definition) is 8. The lowest BCUT2D eigenvalue weighted by Gasteiger charge is -2.26. The van der Waals surface area contributed by atoms with Gasteiger partial charge in [-0.2, -0.15) is 0 Å². The second-order valence-electron chi connectivity index (χ2n) is 11.2. The number of benzene rings is 2. The summed E-state index contributed by atoms with van der Waals surface area (Å²) in [6.45, 7) is 2.42. The molecule has 0 spiro atoms. The quantitative estimate of drug-likeness (QED) is 0.184. The molecule has 4 rings (SSSR count). The van der Waals surface area contributed by atoms with Crippen LogP contribution in [0.5, 0.6) is 11.5 Å². The predicted octanol–water partition coefficient (Wildman–Crippen LogP) is 3.65. The highest BCUT2D eigenvalue weighted by Gasteiger charge is 2.46. The number of esters is 1. The van der Waals surface area contributed by atoms with Gasteiger partial charge in [-0.05, 0) is 36.1 Å². The molecule has 0 fully saturated rings. The number of ether oxygens (including phenoxy) is 4. The number of amides is 1. The van der Waals surface area contributed by atoms with Crippen LogP contribution in [0.4, 0.5) is 8.78 Å². The number of quaternary nitrogens is 1. The Labute approximate surface area is 241 Å². The number of nitrogens with one attached hydrogen (secondary N) is 1. The van der Waals surface area contributed by atoms with E-state index in [0.717, 1.165) is 27.9 Å². The van der Waals surface area contributed by atoms with Crippen molar-refractivity contribution in [1.82, 2.24) is 10.3 Å². The lowest BCUT2D eigenvalue weighted by Crippen LogP contribution is -2.43. The van der Waals surface area contributed by atoms with Crippen molar-refractivity contribution >= 4 is 33.4 Å².